The Morgan fingerprint density at radius 3 is 0.927 bits per heavy atom. The first-order valence-electron chi connectivity index (χ1n) is 39.2. The second-order valence-corrected chi connectivity index (χ2v) is 31.2. The van der Waals surface area contributed by atoms with Crippen molar-refractivity contribution >= 4 is 39.5 Å². The van der Waals surface area contributed by atoms with Gasteiger partial charge < -0.3 is 33.8 Å². The van der Waals surface area contributed by atoms with Crippen LogP contribution in [0.25, 0.3) is 0 Å². The van der Waals surface area contributed by atoms with Gasteiger partial charge in [-0.25, -0.2) is 9.13 Å². The Morgan fingerprint density at radius 2 is 0.615 bits per heavy atom. The second-order valence-electron chi connectivity index (χ2n) is 28.3. The number of esters is 4. The molecule has 19 heteroatoms. The number of phosphoric acid groups is 2. The van der Waals surface area contributed by atoms with Crippen molar-refractivity contribution in [3.8, 4) is 0 Å². The zero-order chi connectivity index (χ0) is 70.9. The van der Waals surface area contributed by atoms with Crippen LogP contribution in [0.15, 0.2) is 24.3 Å². The fraction of sp³-hybridized carbons (Fsp3) is 0.896. The van der Waals surface area contributed by atoms with Crippen LogP contribution in [0, 0.1) is 17.8 Å². The summed E-state index contributed by atoms with van der Waals surface area (Å²) in [6.07, 6.45) is 56.7. The molecular weight excluding hydrogens is 1260 g/mol. The van der Waals surface area contributed by atoms with Crippen molar-refractivity contribution in [3.05, 3.63) is 24.3 Å². The van der Waals surface area contributed by atoms with Crippen LogP contribution in [0.1, 0.15) is 370 Å². The number of rotatable bonds is 73. The van der Waals surface area contributed by atoms with E-state index in [0.29, 0.717) is 37.5 Å². The lowest BCUT2D eigenvalue weighted by Gasteiger charge is -2.21. The van der Waals surface area contributed by atoms with E-state index in [1.165, 1.54) is 154 Å². The molecule has 0 spiro atoms. The summed E-state index contributed by atoms with van der Waals surface area (Å²) in [6, 6.07) is 0. The van der Waals surface area contributed by atoms with E-state index in [1.807, 2.05) is 0 Å². The predicted octanol–water partition coefficient (Wildman–Crippen LogP) is 22.1. The Bertz CT molecular complexity index is 1970. The minimum Gasteiger partial charge on any atom is -0.462 e. The highest BCUT2D eigenvalue weighted by Crippen LogP contribution is 2.45. The maximum atomic E-state index is 13.1. The Labute approximate surface area is 586 Å². The van der Waals surface area contributed by atoms with Crippen LogP contribution < -0.4 is 0 Å². The summed E-state index contributed by atoms with van der Waals surface area (Å²) >= 11 is 0. The topological polar surface area (TPSA) is 237 Å². The van der Waals surface area contributed by atoms with E-state index in [-0.39, 0.29) is 25.7 Å². The normalized spacial score (nSPS) is 14.5. The number of unbranched alkanes of at least 4 members (excludes halogenated alkanes) is 37. The average molecular weight is 1410 g/mol. The number of ether oxygens (including phenoxy) is 4. The number of phosphoric ester groups is 2. The number of hydrogen-bond acceptors (Lipinski definition) is 15. The van der Waals surface area contributed by atoms with Crippen LogP contribution in [0.2, 0.25) is 0 Å². The third-order valence-corrected chi connectivity index (χ3v) is 19.5. The van der Waals surface area contributed by atoms with E-state index >= 15 is 0 Å². The zero-order valence-corrected chi connectivity index (χ0v) is 64.1. The lowest BCUT2D eigenvalue weighted by molar-refractivity contribution is -0.161. The fourth-order valence-electron chi connectivity index (χ4n) is 11.2. The van der Waals surface area contributed by atoms with E-state index in [1.54, 1.807) is 0 Å². The predicted molar refractivity (Wildman–Crippen MR) is 390 cm³/mol. The quantitative estimate of drug-likeness (QED) is 0.0169. The van der Waals surface area contributed by atoms with Gasteiger partial charge in [0.05, 0.1) is 26.4 Å². The van der Waals surface area contributed by atoms with Gasteiger partial charge in [0, 0.05) is 25.7 Å². The molecule has 0 amide bonds. The molecule has 17 nitrogen and oxygen atoms in total. The third kappa shape index (κ3) is 68.7. The smallest absolute Gasteiger partial charge is 0.462 e. The second kappa shape index (κ2) is 67.1. The number of carbonyl (C=O) groups excluding carboxylic acids is 4. The first-order chi connectivity index (χ1) is 46.3. The molecule has 0 aliphatic heterocycles. The average Bonchev–Trinajstić information content (AvgIpc) is 1.77. The minimum absolute atomic E-state index is 0.0839. The Balaban J connectivity index is 5.18. The van der Waals surface area contributed by atoms with Crippen molar-refractivity contribution in [2.75, 3.05) is 39.6 Å². The summed E-state index contributed by atoms with van der Waals surface area (Å²) in [5.74, 6) is 0.0969. The van der Waals surface area contributed by atoms with Crippen molar-refractivity contribution in [3.63, 3.8) is 0 Å². The van der Waals surface area contributed by atoms with Crippen molar-refractivity contribution in [1.82, 2.24) is 0 Å². The molecule has 0 fully saturated rings. The monoisotopic (exact) mass is 1410 g/mol. The number of allylic oxidation sites excluding steroid dienone is 4. The molecule has 4 unspecified atom stereocenters. The molecule has 96 heavy (non-hydrogen) atoms. The van der Waals surface area contributed by atoms with Gasteiger partial charge in [-0.2, -0.15) is 0 Å². The van der Waals surface area contributed by atoms with E-state index < -0.39 is 97.5 Å². The van der Waals surface area contributed by atoms with Crippen LogP contribution >= 0.6 is 15.6 Å². The van der Waals surface area contributed by atoms with Crippen LogP contribution in [-0.4, -0.2) is 96.7 Å². The highest BCUT2D eigenvalue weighted by atomic mass is 31.2. The molecule has 0 aliphatic rings. The standard InChI is InChI=1S/C77H146O17P2/c1-8-10-11-12-13-14-15-16-21-25-28-31-36-46-53-60-76(81)93-72(64-87-74(79)58-51-44-38-33-34-41-48-55-68(3)4)66-91-95(83,84)89-62-71(78)63-90-96(85,86)92-67-73(65-88-75(80)59-52-45-40-39-42-49-56-69(5)6)94-77(82)61-54-47-37-32-29-26-23-20-18-17-19-22-24-27-30-35-43-50-57-70(7)9-2/h14-16,21,68-73,78H,8-13,17-20,22-67H2,1-7H3,(H,83,84)(H,85,86)/b15-14-,21-16-/t70?,71?,72-,73-/m1/s1. The van der Waals surface area contributed by atoms with Gasteiger partial charge in [-0.3, -0.25) is 37.3 Å². The number of aliphatic hydroxyl groups excluding tert-OH is 1. The van der Waals surface area contributed by atoms with Crippen LogP contribution in [0.3, 0.4) is 0 Å². The van der Waals surface area contributed by atoms with E-state index in [9.17, 15) is 43.2 Å². The van der Waals surface area contributed by atoms with Gasteiger partial charge in [0.1, 0.15) is 19.3 Å². The molecular formula is C77H146O17P2. The molecule has 0 aromatic carbocycles. The molecule has 0 heterocycles. The van der Waals surface area contributed by atoms with Gasteiger partial charge >= 0.3 is 39.5 Å². The highest BCUT2D eigenvalue weighted by molar-refractivity contribution is 7.47. The van der Waals surface area contributed by atoms with E-state index in [4.69, 9.17) is 37.0 Å². The van der Waals surface area contributed by atoms with Gasteiger partial charge in [-0.1, -0.05) is 317 Å². The molecule has 0 aliphatic carbocycles. The van der Waals surface area contributed by atoms with Crippen LogP contribution in [0.4, 0.5) is 0 Å². The summed E-state index contributed by atoms with van der Waals surface area (Å²) in [6.45, 7) is 11.8. The first kappa shape index (κ1) is 93.5. The van der Waals surface area contributed by atoms with Crippen molar-refractivity contribution in [2.24, 2.45) is 17.8 Å². The summed E-state index contributed by atoms with van der Waals surface area (Å²) in [5.41, 5.74) is 0. The van der Waals surface area contributed by atoms with E-state index in [2.05, 4.69) is 72.8 Å². The number of hydrogen-bond donors (Lipinski definition) is 3. The molecule has 0 aromatic rings. The summed E-state index contributed by atoms with van der Waals surface area (Å²) in [4.78, 5) is 72.7. The SMILES string of the molecule is CCCCCC/C=C\C=C/CCCCCCCC(=O)O[C@H](COC(=O)CCCCCCCCCC(C)C)COP(=O)(O)OCC(O)COP(=O)(O)OC[C@@H](COC(=O)CCCCCCCCC(C)C)OC(=O)CCCCCCCCCCCCCCCCCCCCC(C)CC. The Hall–Kier alpha value is -2.46. The Morgan fingerprint density at radius 1 is 0.344 bits per heavy atom. The molecule has 0 bridgehead atoms. The van der Waals surface area contributed by atoms with Gasteiger partial charge in [-0.15, -0.1) is 0 Å². The lowest BCUT2D eigenvalue weighted by atomic mass is 9.99. The lowest BCUT2D eigenvalue weighted by Crippen LogP contribution is -2.30. The minimum atomic E-state index is -4.96. The summed E-state index contributed by atoms with van der Waals surface area (Å²) in [5, 5.41) is 10.6. The molecule has 0 radical (unpaired) electrons. The molecule has 3 N–H and O–H groups in total. The fourth-order valence-corrected chi connectivity index (χ4v) is 12.8. The van der Waals surface area contributed by atoms with Gasteiger partial charge in [0.25, 0.3) is 0 Å². The van der Waals surface area contributed by atoms with E-state index in [0.717, 1.165) is 121 Å². The third-order valence-electron chi connectivity index (χ3n) is 17.6. The van der Waals surface area contributed by atoms with Gasteiger partial charge in [0.2, 0.25) is 0 Å². The first-order valence-corrected chi connectivity index (χ1v) is 42.2. The zero-order valence-electron chi connectivity index (χ0n) is 62.3. The van der Waals surface area contributed by atoms with Crippen LogP contribution in [-0.2, 0) is 65.4 Å². The van der Waals surface area contributed by atoms with Crippen LogP contribution in [0.5, 0.6) is 0 Å². The molecule has 566 valence electrons. The number of aliphatic hydroxyl groups is 1. The van der Waals surface area contributed by atoms with Crippen molar-refractivity contribution in [2.45, 2.75) is 388 Å². The molecule has 0 rings (SSSR count). The summed E-state index contributed by atoms with van der Waals surface area (Å²) in [7, 11) is -9.92. The Kier molecular flexibility index (Phi) is 65.3. The maximum absolute atomic E-state index is 13.1. The summed E-state index contributed by atoms with van der Waals surface area (Å²) < 4.78 is 68.4. The van der Waals surface area contributed by atoms with Crippen molar-refractivity contribution < 1.29 is 80.2 Å². The molecule has 0 aromatic heterocycles. The van der Waals surface area contributed by atoms with Gasteiger partial charge in [-0.05, 0) is 69.1 Å². The highest BCUT2D eigenvalue weighted by Gasteiger charge is 2.30. The maximum Gasteiger partial charge on any atom is 0.472 e. The largest absolute Gasteiger partial charge is 0.472 e. The van der Waals surface area contributed by atoms with Gasteiger partial charge in [0.15, 0.2) is 12.2 Å². The molecule has 6 atom stereocenters. The van der Waals surface area contributed by atoms with Crippen molar-refractivity contribution in [1.29, 1.82) is 0 Å². The molecule has 0 saturated carbocycles. The number of carbonyl (C=O) groups is 4. The molecule has 0 saturated heterocycles.